The second-order valence-corrected chi connectivity index (χ2v) is 13.1. The molecule has 1 saturated carbocycles. The Balaban J connectivity index is 1.32. The Morgan fingerprint density at radius 3 is 2.05 bits per heavy atom. The van der Waals surface area contributed by atoms with E-state index >= 15 is 0 Å². The van der Waals surface area contributed by atoms with Crippen molar-refractivity contribution in [2.75, 3.05) is 13.2 Å². The van der Waals surface area contributed by atoms with E-state index in [-0.39, 0.29) is 36.1 Å². The van der Waals surface area contributed by atoms with Gasteiger partial charge in [-0.3, -0.25) is 19.3 Å². The third-order valence-electron chi connectivity index (χ3n) is 8.33. The predicted molar refractivity (Wildman–Crippen MR) is 164 cm³/mol. The number of Topliss-reactive ketones (excluding diaryl/α,β-unsaturated/α-hetero) is 2. The highest BCUT2D eigenvalue weighted by Crippen LogP contribution is 2.31. The molecule has 0 bridgehead atoms. The minimum absolute atomic E-state index is 0.115. The van der Waals surface area contributed by atoms with Crippen LogP contribution in [0.2, 0.25) is 0 Å². The minimum Gasteiger partial charge on any atom is -0.457 e. The van der Waals surface area contributed by atoms with Crippen molar-refractivity contribution in [1.82, 2.24) is 4.90 Å². The molecular weight excluding hydrogens is 562 g/mol. The fourth-order valence-corrected chi connectivity index (χ4v) is 5.91. The molecule has 0 aromatic heterocycles. The number of benzene rings is 2. The summed E-state index contributed by atoms with van der Waals surface area (Å²) in [4.78, 5) is 64.8. The van der Waals surface area contributed by atoms with Crippen molar-refractivity contribution in [2.24, 2.45) is 11.8 Å². The average molecular weight is 606 g/mol. The van der Waals surface area contributed by atoms with Crippen LogP contribution in [0.5, 0.6) is 0 Å². The molecule has 44 heavy (non-hydrogen) atoms. The summed E-state index contributed by atoms with van der Waals surface area (Å²) in [6.45, 7) is 10.4. The number of amides is 1. The molecule has 1 aliphatic heterocycles. The predicted octanol–water partition coefficient (Wildman–Crippen LogP) is 6.34. The van der Waals surface area contributed by atoms with Crippen LogP contribution in [-0.4, -0.2) is 65.4 Å². The molecule has 0 spiro atoms. The van der Waals surface area contributed by atoms with E-state index in [4.69, 9.17) is 14.2 Å². The highest BCUT2D eigenvalue weighted by atomic mass is 16.6. The number of rotatable bonds is 9. The zero-order valence-electron chi connectivity index (χ0n) is 26.5. The number of hydrogen-bond donors (Lipinski definition) is 0. The van der Waals surface area contributed by atoms with Gasteiger partial charge in [0.15, 0.2) is 19.0 Å². The van der Waals surface area contributed by atoms with Crippen molar-refractivity contribution >= 4 is 29.6 Å². The molecule has 2 aliphatic rings. The van der Waals surface area contributed by atoms with Gasteiger partial charge < -0.3 is 14.2 Å². The van der Waals surface area contributed by atoms with Crippen molar-refractivity contribution in [3.05, 3.63) is 59.2 Å². The molecule has 2 aromatic rings. The Kier molecular flexibility index (Phi) is 10.3. The molecule has 1 aliphatic carbocycles. The number of aryl methyl sites for hydroxylation is 1. The number of carbonyl (C=O) groups excluding carboxylic acids is 5. The van der Waals surface area contributed by atoms with Gasteiger partial charge in [-0.2, -0.15) is 0 Å². The van der Waals surface area contributed by atoms with Crippen molar-refractivity contribution in [3.8, 4) is 11.1 Å². The van der Waals surface area contributed by atoms with E-state index in [1.807, 2.05) is 25.1 Å². The van der Waals surface area contributed by atoms with Crippen LogP contribution in [0.25, 0.3) is 11.1 Å². The molecule has 4 atom stereocenters. The monoisotopic (exact) mass is 605 g/mol. The SMILES string of the molecule is Cc1cc(-c2ccc(C(=O)COC(=O)[C@@H]3CC[C@H](C)C3)cc2)ccc1C(=O)COC(=O)[C@@H]1CC[C@H](C)N1C(=O)OC(C)(C)C. The maximum absolute atomic E-state index is 13.0. The highest BCUT2D eigenvalue weighted by molar-refractivity contribution is 6.00. The lowest BCUT2D eigenvalue weighted by Gasteiger charge is -2.30. The standard InChI is InChI=1S/C35H43NO8/c1-21-7-9-27(17-21)32(39)42-19-30(37)25-12-10-24(11-13-25)26-14-15-28(22(2)18-26)31(38)20-43-33(40)29-16-8-23(3)36(29)34(41)44-35(4,5)6/h10-15,18,21,23,27,29H,7-9,16-17,19-20H2,1-6H3/t21-,23-,27+,29-/m0/s1. The summed E-state index contributed by atoms with van der Waals surface area (Å²) in [6.07, 6.45) is 3.13. The zero-order valence-corrected chi connectivity index (χ0v) is 26.5. The third-order valence-corrected chi connectivity index (χ3v) is 8.33. The molecular formula is C35H43NO8. The molecule has 236 valence electrons. The normalized spacial score (nSPS) is 21.5. The molecule has 9 nitrogen and oxygen atoms in total. The molecule has 1 heterocycles. The van der Waals surface area contributed by atoms with Crippen LogP contribution in [0.3, 0.4) is 0 Å². The maximum atomic E-state index is 13.0. The van der Waals surface area contributed by atoms with Gasteiger partial charge in [0.05, 0.1) is 5.92 Å². The fraction of sp³-hybridized carbons (Fsp3) is 0.514. The van der Waals surface area contributed by atoms with E-state index in [0.717, 1.165) is 30.4 Å². The Morgan fingerprint density at radius 1 is 0.795 bits per heavy atom. The number of ether oxygens (including phenoxy) is 3. The van der Waals surface area contributed by atoms with Gasteiger partial charge in [0.2, 0.25) is 5.78 Å². The first-order valence-electron chi connectivity index (χ1n) is 15.4. The lowest BCUT2D eigenvalue weighted by Crippen LogP contribution is -2.47. The Labute approximate surface area is 259 Å². The van der Waals surface area contributed by atoms with Crippen molar-refractivity contribution in [3.63, 3.8) is 0 Å². The van der Waals surface area contributed by atoms with Gasteiger partial charge in [-0.05, 0) is 89.3 Å². The van der Waals surface area contributed by atoms with Gasteiger partial charge >= 0.3 is 18.0 Å². The van der Waals surface area contributed by atoms with Crippen LogP contribution in [0, 0.1) is 18.8 Å². The van der Waals surface area contributed by atoms with E-state index < -0.39 is 30.3 Å². The van der Waals surface area contributed by atoms with E-state index in [2.05, 4.69) is 6.92 Å². The average Bonchev–Trinajstić information content (AvgIpc) is 3.58. The zero-order chi connectivity index (χ0) is 32.2. The van der Waals surface area contributed by atoms with Crippen molar-refractivity contribution in [1.29, 1.82) is 0 Å². The molecule has 0 radical (unpaired) electrons. The number of carbonyl (C=O) groups is 5. The maximum Gasteiger partial charge on any atom is 0.411 e. The molecule has 2 aromatic carbocycles. The summed E-state index contributed by atoms with van der Waals surface area (Å²) in [6, 6.07) is 11.4. The Bertz CT molecular complexity index is 1410. The smallest absolute Gasteiger partial charge is 0.411 e. The third kappa shape index (κ3) is 8.12. The summed E-state index contributed by atoms with van der Waals surface area (Å²) in [5, 5.41) is 0. The quantitative estimate of drug-likeness (QED) is 0.185. The van der Waals surface area contributed by atoms with Crippen LogP contribution >= 0.6 is 0 Å². The van der Waals surface area contributed by atoms with Crippen molar-refractivity contribution in [2.45, 2.75) is 91.3 Å². The summed E-state index contributed by atoms with van der Waals surface area (Å²) >= 11 is 0. The van der Waals surface area contributed by atoms with Crippen LogP contribution in [0.1, 0.15) is 93.0 Å². The molecule has 4 rings (SSSR count). The van der Waals surface area contributed by atoms with Crippen molar-refractivity contribution < 1.29 is 38.2 Å². The summed E-state index contributed by atoms with van der Waals surface area (Å²) in [5.41, 5.74) is 2.59. The van der Waals surface area contributed by atoms with Gasteiger partial charge in [0.25, 0.3) is 0 Å². The van der Waals surface area contributed by atoms with Gasteiger partial charge in [0, 0.05) is 17.2 Å². The van der Waals surface area contributed by atoms with E-state index in [0.29, 0.717) is 35.4 Å². The summed E-state index contributed by atoms with van der Waals surface area (Å²) in [7, 11) is 0. The Hall–Kier alpha value is -4.01. The largest absolute Gasteiger partial charge is 0.457 e. The van der Waals surface area contributed by atoms with E-state index in [1.54, 1.807) is 52.0 Å². The van der Waals surface area contributed by atoms with Gasteiger partial charge in [-0.15, -0.1) is 0 Å². The van der Waals surface area contributed by atoms with Crippen LogP contribution in [-0.2, 0) is 23.8 Å². The van der Waals surface area contributed by atoms with Crippen LogP contribution in [0.15, 0.2) is 42.5 Å². The lowest BCUT2D eigenvalue weighted by atomic mass is 9.97. The van der Waals surface area contributed by atoms with Gasteiger partial charge in [-0.1, -0.05) is 49.4 Å². The first kappa shape index (κ1) is 32.9. The number of likely N-dealkylation sites (tertiary alicyclic amines) is 1. The first-order chi connectivity index (χ1) is 20.7. The first-order valence-corrected chi connectivity index (χ1v) is 15.4. The van der Waals surface area contributed by atoms with Crippen LogP contribution < -0.4 is 0 Å². The molecule has 1 amide bonds. The fourth-order valence-electron chi connectivity index (χ4n) is 5.91. The second kappa shape index (κ2) is 13.7. The Morgan fingerprint density at radius 2 is 1.43 bits per heavy atom. The number of esters is 2. The van der Waals surface area contributed by atoms with E-state index in [9.17, 15) is 24.0 Å². The minimum atomic E-state index is -0.797. The van der Waals surface area contributed by atoms with E-state index in [1.165, 1.54) is 4.90 Å². The summed E-state index contributed by atoms with van der Waals surface area (Å²) < 4.78 is 16.1. The van der Waals surface area contributed by atoms with Crippen LogP contribution in [0.4, 0.5) is 4.79 Å². The lowest BCUT2D eigenvalue weighted by molar-refractivity contribution is -0.148. The number of nitrogens with zero attached hydrogens (tertiary/aromatic N) is 1. The number of hydrogen-bond acceptors (Lipinski definition) is 8. The molecule has 2 fully saturated rings. The molecule has 0 N–H and O–H groups in total. The van der Waals surface area contributed by atoms with Gasteiger partial charge in [-0.25, -0.2) is 9.59 Å². The molecule has 9 heteroatoms. The highest BCUT2D eigenvalue weighted by Gasteiger charge is 2.42. The number of ketones is 2. The molecule has 1 saturated heterocycles. The van der Waals surface area contributed by atoms with Gasteiger partial charge in [0.1, 0.15) is 11.6 Å². The molecule has 0 unspecified atom stereocenters. The topological polar surface area (TPSA) is 116 Å². The summed E-state index contributed by atoms with van der Waals surface area (Å²) in [5.74, 6) is -1.14. The second-order valence-electron chi connectivity index (χ2n) is 13.1.